The Morgan fingerprint density at radius 2 is 1.91 bits per heavy atom. The van der Waals surface area contributed by atoms with E-state index < -0.39 is 0 Å². The highest BCUT2D eigenvalue weighted by Crippen LogP contribution is 2.35. The molecule has 0 amide bonds. The van der Waals surface area contributed by atoms with Crippen LogP contribution in [0.4, 0.5) is 5.82 Å². The third-order valence-corrected chi connectivity index (χ3v) is 7.96. The lowest BCUT2D eigenvalue weighted by atomic mass is 9.80. The van der Waals surface area contributed by atoms with Gasteiger partial charge in [-0.1, -0.05) is 29.3 Å². The number of rotatable bonds is 5. The summed E-state index contributed by atoms with van der Waals surface area (Å²) in [6.45, 7) is 11.0. The molecule has 1 aromatic carbocycles. The van der Waals surface area contributed by atoms with Gasteiger partial charge in [0.05, 0.1) is 12.2 Å². The van der Waals surface area contributed by atoms with Crippen LogP contribution in [-0.4, -0.2) is 56.9 Å². The van der Waals surface area contributed by atoms with Crippen LogP contribution in [0.5, 0.6) is 0 Å². The van der Waals surface area contributed by atoms with Gasteiger partial charge in [-0.3, -0.25) is 0 Å². The summed E-state index contributed by atoms with van der Waals surface area (Å²) in [5.41, 5.74) is 2.24. The number of nitriles is 1. The summed E-state index contributed by atoms with van der Waals surface area (Å²) in [7, 11) is 0. The van der Waals surface area contributed by atoms with Gasteiger partial charge >= 0.3 is 0 Å². The highest BCUT2D eigenvalue weighted by molar-refractivity contribution is 6.35. The molecule has 4 heterocycles. The summed E-state index contributed by atoms with van der Waals surface area (Å²) >= 11 is 12.5. The largest absolute Gasteiger partial charge is 0.355 e. The van der Waals surface area contributed by atoms with E-state index in [-0.39, 0.29) is 11.7 Å². The molecule has 0 saturated carbocycles. The zero-order valence-electron chi connectivity index (χ0n) is 19.7. The SMILES string of the molecule is CC(C)N1CCC[C@@H](C2CN(c3cnc4c(C#N)nn([C@H](C)c5ccc(Cl)cc5Cl)c4n3)C2)C1. The smallest absolute Gasteiger partial charge is 0.190 e. The van der Waals surface area contributed by atoms with Crippen LogP contribution in [-0.2, 0) is 0 Å². The minimum Gasteiger partial charge on any atom is -0.355 e. The van der Waals surface area contributed by atoms with Crippen molar-refractivity contribution in [1.82, 2.24) is 24.6 Å². The van der Waals surface area contributed by atoms with Crippen LogP contribution in [0, 0.1) is 23.2 Å². The van der Waals surface area contributed by atoms with Gasteiger partial charge in [-0.25, -0.2) is 14.6 Å². The lowest BCUT2D eigenvalue weighted by Gasteiger charge is -2.47. The Bertz CT molecular complexity index is 1240. The second-order valence-corrected chi connectivity index (χ2v) is 10.6. The summed E-state index contributed by atoms with van der Waals surface area (Å²) in [6.07, 6.45) is 4.36. The lowest BCUT2D eigenvalue weighted by molar-refractivity contribution is 0.0963. The highest BCUT2D eigenvalue weighted by atomic mass is 35.5. The third kappa shape index (κ3) is 4.24. The van der Waals surface area contributed by atoms with Crippen LogP contribution in [0.15, 0.2) is 24.4 Å². The third-order valence-electron chi connectivity index (χ3n) is 7.40. The van der Waals surface area contributed by atoms with Crippen LogP contribution in [0.1, 0.15) is 50.9 Å². The maximum absolute atomic E-state index is 9.62. The molecule has 0 spiro atoms. The molecule has 0 radical (unpaired) electrons. The van der Waals surface area contributed by atoms with Gasteiger partial charge in [0.15, 0.2) is 11.3 Å². The minimum absolute atomic E-state index is 0.229. The number of fused-ring (bicyclic) bond motifs is 1. The Morgan fingerprint density at radius 1 is 1.12 bits per heavy atom. The van der Waals surface area contributed by atoms with Crippen LogP contribution in [0.3, 0.4) is 0 Å². The van der Waals surface area contributed by atoms with Crippen LogP contribution in [0.25, 0.3) is 11.2 Å². The van der Waals surface area contributed by atoms with Crippen molar-refractivity contribution >= 4 is 40.2 Å². The van der Waals surface area contributed by atoms with Crippen LogP contribution in [0.2, 0.25) is 10.0 Å². The second kappa shape index (κ2) is 9.33. The van der Waals surface area contributed by atoms with Gasteiger partial charge in [0.1, 0.15) is 17.4 Å². The molecular formula is C25H29Cl2N7. The van der Waals surface area contributed by atoms with E-state index >= 15 is 0 Å². The summed E-state index contributed by atoms with van der Waals surface area (Å²) < 4.78 is 1.75. The molecule has 2 aliphatic rings. The summed E-state index contributed by atoms with van der Waals surface area (Å²) in [5, 5.41) is 15.3. The van der Waals surface area contributed by atoms with E-state index in [4.69, 9.17) is 28.2 Å². The van der Waals surface area contributed by atoms with Gasteiger partial charge in [-0.15, -0.1) is 0 Å². The number of anilines is 1. The first-order chi connectivity index (χ1) is 16.4. The maximum Gasteiger partial charge on any atom is 0.190 e. The number of likely N-dealkylation sites (tertiary alicyclic amines) is 1. The van der Waals surface area contributed by atoms with Crippen molar-refractivity contribution < 1.29 is 0 Å². The maximum atomic E-state index is 9.62. The molecule has 34 heavy (non-hydrogen) atoms. The Labute approximate surface area is 210 Å². The highest BCUT2D eigenvalue weighted by Gasteiger charge is 2.37. The molecule has 5 rings (SSSR count). The molecule has 2 fully saturated rings. The van der Waals surface area contributed by atoms with E-state index in [0.717, 1.165) is 30.4 Å². The van der Waals surface area contributed by atoms with Crippen molar-refractivity contribution in [2.24, 2.45) is 11.8 Å². The molecule has 0 bridgehead atoms. The molecule has 2 saturated heterocycles. The van der Waals surface area contributed by atoms with Gasteiger partial charge in [-0.05, 0) is 69.7 Å². The average Bonchev–Trinajstić information content (AvgIpc) is 3.16. The Morgan fingerprint density at radius 3 is 2.62 bits per heavy atom. The number of piperidine rings is 1. The first-order valence-electron chi connectivity index (χ1n) is 11.9. The fraction of sp³-hybridized carbons (Fsp3) is 0.520. The van der Waals surface area contributed by atoms with Gasteiger partial charge in [-0.2, -0.15) is 10.4 Å². The summed E-state index contributed by atoms with van der Waals surface area (Å²) in [6, 6.07) is 7.94. The zero-order chi connectivity index (χ0) is 24.0. The number of nitrogens with zero attached hydrogens (tertiary/aromatic N) is 7. The first kappa shape index (κ1) is 23.3. The van der Waals surface area contributed by atoms with E-state index in [1.165, 1.54) is 25.9 Å². The van der Waals surface area contributed by atoms with Crippen LogP contribution >= 0.6 is 23.2 Å². The molecule has 0 N–H and O–H groups in total. The number of hydrogen-bond donors (Lipinski definition) is 0. The molecule has 0 aliphatic carbocycles. The molecule has 178 valence electrons. The van der Waals surface area contributed by atoms with E-state index in [1.807, 2.05) is 13.0 Å². The number of halogens is 2. The quantitative estimate of drug-likeness (QED) is 0.483. The minimum atomic E-state index is -0.229. The predicted octanol–water partition coefficient (Wildman–Crippen LogP) is 5.17. The fourth-order valence-electron chi connectivity index (χ4n) is 5.26. The van der Waals surface area contributed by atoms with Crippen molar-refractivity contribution in [3.63, 3.8) is 0 Å². The molecule has 7 nitrogen and oxygen atoms in total. The zero-order valence-corrected chi connectivity index (χ0v) is 21.3. The standard InChI is InChI=1S/C25H29Cl2N7/c1-15(2)32-8-4-5-17(12-32)18-13-33(14-18)23-11-29-24-22(10-28)31-34(25(24)30-23)16(3)20-7-6-19(26)9-21(20)27/h6-7,9,11,15-18H,4-5,8,12-14H2,1-3H3/t16-,17-/m1/s1. The lowest BCUT2D eigenvalue weighted by Crippen LogP contribution is -2.54. The van der Waals surface area contributed by atoms with Crippen molar-refractivity contribution in [3.05, 3.63) is 45.7 Å². The summed E-state index contributed by atoms with van der Waals surface area (Å²) in [5.74, 6) is 2.26. The number of aromatic nitrogens is 4. The van der Waals surface area contributed by atoms with E-state index in [1.54, 1.807) is 23.0 Å². The monoisotopic (exact) mass is 497 g/mol. The molecule has 3 aromatic rings. The predicted molar refractivity (Wildman–Crippen MR) is 135 cm³/mol. The molecule has 2 aromatic heterocycles. The van der Waals surface area contributed by atoms with Crippen molar-refractivity contribution in [2.75, 3.05) is 31.1 Å². The van der Waals surface area contributed by atoms with Gasteiger partial charge in [0.25, 0.3) is 0 Å². The number of benzene rings is 1. The molecule has 0 unspecified atom stereocenters. The molecule has 9 heteroatoms. The van der Waals surface area contributed by atoms with Gasteiger partial charge < -0.3 is 9.80 Å². The summed E-state index contributed by atoms with van der Waals surface area (Å²) in [4.78, 5) is 14.4. The van der Waals surface area contributed by atoms with E-state index in [2.05, 4.69) is 39.8 Å². The van der Waals surface area contributed by atoms with Crippen LogP contribution < -0.4 is 4.90 Å². The van der Waals surface area contributed by atoms with E-state index in [9.17, 15) is 5.26 Å². The van der Waals surface area contributed by atoms with E-state index in [0.29, 0.717) is 33.2 Å². The fourth-order valence-corrected chi connectivity index (χ4v) is 5.83. The topological polar surface area (TPSA) is 73.9 Å². The van der Waals surface area contributed by atoms with Gasteiger partial charge in [0, 0.05) is 35.7 Å². The number of hydrogen-bond acceptors (Lipinski definition) is 6. The molecular weight excluding hydrogens is 469 g/mol. The second-order valence-electron chi connectivity index (χ2n) is 9.80. The normalized spacial score (nSPS) is 20.5. The average molecular weight is 498 g/mol. The molecule has 2 aliphatic heterocycles. The Hall–Kier alpha value is -2.40. The van der Waals surface area contributed by atoms with Gasteiger partial charge in [0.2, 0.25) is 0 Å². The Kier molecular flexibility index (Phi) is 6.41. The molecule has 2 atom stereocenters. The Balaban J connectivity index is 1.39. The van der Waals surface area contributed by atoms with Crippen molar-refractivity contribution in [1.29, 1.82) is 5.26 Å². The first-order valence-corrected chi connectivity index (χ1v) is 12.7. The van der Waals surface area contributed by atoms with Crippen molar-refractivity contribution in [3.8, 4) is 6.07 Å². The van der Waals surface area contributed by atoms with Crippen molar-refractivity contribution in [2.45, 2.75) is 45.7 Å².